The minimum atomic E-state index is 0.563. The van der Waals surface area contributed by atoms with Gasteiger partial charge >= 0.3 is 0 Å². The smallest absolute Gasteiger partial charge is 0.0589 e. The van der Waals surface area contributed by atoms with E-state index in [1.54, 1.807) is 7.11 Å². The molecule has 0 N–H and O–H groups in total. The van der Waals surface area contributed by atoms with Crippen LogP contribution in [0.5, 0.6) is 0 Å². The molecule has 0 atom stereocenters. The van der Waals surface area contributed by atoms with Crippen LogP contribution in [0.25, 0.3) is 0 Å². The number of likely N-dealkylation sites (N-methyl/N-ethyl adjacent to an activating group) is 1. The number of ether oxygens (including phenoxy) is 2. The first kappa shape index (κ1) is 18.9. The van der Waals surface area contributed by atoms with E-state index in [9.17, 15) is 0 Å². The van der Waals surface area contributed by atoms with Gasteiger partial charge in [0.2, 0.25) is 0 Å². The quantitative estimate of drug-likeness (QED) is 0.506. The van der Waals surface area contributed by atoms with Crippen LogP contribution in [0.2, 0.25) is 0 Å². The van der Waals surface area contributed by atoms with Gasteiger partial charge in [0, 0.05) is 20.3 Å². The maximum atomic E-state index is 6.03. The summed E-state index contributed by atoms with van der Waals surface area (Å²) in [6.07, 6.45) is 12.4. The molecule has 1 saturated carbocycles. The van der Waals surface area contributed by atoms with E-state index in [1.165, 1.54) is 64.3 Å². The maximum absolute atomic E-state index is 6.03. The first-order valence-corrected chi connectivity index (χ1v) is 9.05. The molecule has 3 nitrogen and oxygen atoms in total. The van der Waals surface area contributed by atoms with Crippen LogP contribution in [-0.2, 0) is 9.47 Å². The van der Waals surface area contributed by atoms with E-state index < -0.39 is 0 Å². The topological polar surface area (TPSA) is 21.7 Å². The molecule has 0 aromatic carbocycles. The van der Waals surface area contributed by atoms with Crippen molar-refractivity contribution in [3.63, 3.8) is 0 Å². The van der Waals surface area contributed by atoms with Gasteiger partial charge < -0.3 is 14.4 Å². The third kappa shape index (κ3) is 9.49. The molecule has 0 amide bonds. The first-order chi connectivity index (χ1) is 10.3. The molecular weight excluding hydrogens is 262 g/mol. The standard InChI is InChI=1S/C18H37NO2/c1-4-17-9-11-18(12-10-17)21-15-8-6-5-7-13-19(2)14-16-20-3/h17-18H,4-16H2,1-3H3. The highest BCUT2D eigenvalue weighted by molar-refractivity contribution is 4.71. The van der Waals surface area contributed by atoms with Gasteiger partial charge in [0.1, 0.15) is 0 Å². The number of rotatable bonds is 12. The molecule has 0 heterocycles. The van der Waals surface area contributed by atoms with Crippen molar-refractivity contribution in [3.05, 3.63) is 0 Å². The Hall–Kier alpha value is -0.120. The number of hydrogen-bond donors (Lipinski definition) is 0. The average molecular weight is 299 g/mol. The lowest BCUT2D eigenvalue weighted by atomic mass is 9.86. The fourth-order valence-corrected chi connectivity index (χ4v) is 3.15. The molecule has 1 fully saturated rings. The van der Waals surface area contributed by atoms with Gasteiger partial charge in [-0.15, -0.1) is 0 Å². The van der Waals surface area contributed by atoms with Crippen molar-refractivity contribution < 1.29 is 9.47 Å². The Bertz CT molecular complexity index is 227. The van der Waals surface area contributed by atoms with Crippen LogP contribution in [0, 0.1) is 5.92 Å². The second kappa shape index (κ2) is 12.4. The zero-order valence-electron chi connectivity index (χ0n) is 14.6. The van der Waals surface area contributed by atoms with E-state index in [-0.39, 0.29) is 0 Å². The van der Waals surface area contributed by atoms with Crippen molar-refractivity contribution in [2.24, 2.45) is 5.92 Å². The molecule has 21 heavy (non-hydrogen) atoms. The Kier molecular flexibility index (Phi) is 11.2. The van der Waals surface area contributed by atoms with Gasteiger partial charge in [0.15, 0.2) is 0 Å². The monoisotopic (exact) mass is 299 g/mol. The van der Waals surface area contributed by atoms with E-state index in [0.29, 0.717) is 6.10 Å². The molecule has 0 spiro atoms. The third-order valence-corrected chi connectivity index (χ3v) is 4.84. The lowest BCUT2D eigenvalue weighted by Gasteiger charge is -2.27. The summed E-state index contributed by atoms with van der Waals surface area (Å²) in [5, 5.41) is 0. The largest absolute Gasteiger partial charge is 0.383 e. The van der Waals surface area contributed by atoms with Crippen molar-refractivity contribution in [3.8, 4) is 0 Å². The number of nitrogens with zero attached hydrogens (tertiary/aromatic N) is 1. The summed E-state index contributed by atoms with van der Waals surface area (Å²) in [5.41, 5.74) is 0. The summed E-state index contributed by atoms with van der Waals surface area (Å²) >= 11 is 0. The van der Waals surface area contributed by atoms with Gasteiger partial charge in [-0.05, 0) is 58.0 Å². The molecule has 1 rings (SSSR count). The highest BCUT2D eigenvalue weighted by Gasteiger charge is 2.19. The van der Waals surface area contributed by atoms with Crippen LogP contribution < -0.4 is 0 Å². The SMILES string of the molecule is CCC1CCC(OCCCCCCN(C)CCOC)CC1. The second-order valence-electron chi connectivity index (χ2n) is 6.63. The van der Waals surface area contributed by atoms with Crippen molar-refractivity contribution in [2.75, 3.05) is 40.5 Å². The van der Waals surface area contributed by atoms with Crippen molar-refractivity contribution in [2.45, 2.75) is 70.8 Å². The molecule has 126 valence electrons. The Morgan fingerprint density at radius 1 is 0.905 bits per heavy atom. The molecular formula is C18H37NO2. The van der Waals surface area contributed by atoms with Gasteiger partial charge in [0.05, 0.1) is 12.7 Å². The predicted molar refractivity (Wildman–Crippen MR) is 89.8 cm³/mol. The van der Waals surface area contributed by atoms with Crippen LogP contribution >= 0.6 is 0 Å². The van der Waals surface area contributed by atoms with Crippen LogP contribution in [0.4, 0.5) is 0 Å². The summed E-state index contributed by atoms with van der Waals surface area (Å²) in [6.45, 7) is 6.36. The molecule has 1 aliphatic rings. The fraction of sp³-hybridized carbons (Fsp3) is 1.00. The van der Waals surface area contributed by atoms with Gasteiger partial charge in [-0.3, -0.25) is 0 Å². The highest BCUT2D eigenvalue weighted by atomic mass is 16.5. The zero-order chi connectivity index (χ0) is 15.3. The van der Waals surface area contributed by atoms with Crippen molar-refractivity contribution >= 4 is 0 Å². The number of hydrogen-bond acceptors (Lipinski definition) is 3. The van der Waals surface area contributed by atoms with Crippen LogP contribution in [0.1, 0.15) is 64.7 Å². The minimum absolute atomic E-state index is 0.563. The minimum Gasteiger partial charge on any atom is -0.383 e. The summed E-state index contributed by atoms with van der Waals surface area (Å²) in [4.78, 5) is 2.35. The molecule has 1 aliphatic carbocycles. The summed E-state index contributed by atoms with van der Waals surface area (Å²) in [7, 11) is 3.94. The zero-order valence-corrected chi connectivity index (χ0v) is 14.6. The summed E-state index contributed by atoms with van der Waals surface area (Å²) in [5.74, 6) is 0.972. The average Bonchev–Trinajstić information content (AvgIpc) is 2.52. The fourth-order valence-electron chi connectivity index (χ4n) is 3.15. The van der Waals surface area contributed by atoms with Crippen LogP contribution in [0.15, 0.2) is 0 Å². The van der Waals surface area contributed by atoms with Crippen LogP contribution in [0.3, 0.4) is 0 Å². The van der Waals surface area contributed by atoms with Crippen molar-refractivity contribution in [1.82, 2.24) is 4.90 Å². The maximum Gasteiger partial charge on any atom is 0.0589 e. The van der Waals surface area contributed by atoms with E-state index >= 15 is 0 Å². The second-order valence-corrected chi connectivity index (χ2v) is 6.63. The molecule has 0 saturated heterocycles. The normalized spacial score (nSPS) is 22.9. The van der Waals surface area contributed by atoms with E-state index in [4.69, 9.17) is 9.47 Å². The summed E-state index contributed by atoms with van der Waals surface area (Å²) in [6, 6.07) is 0. The molecule has 0 unspecified atom stereocenters. The Balaban J connectivity index is 1.84. The van der Waals surface area contributed by atoms with E-state index in [1.807, 2.05) is 0 Å². The summed E-state index contributed by atoms with van der Waals surface area (Å²) < 4.78 is 11.1. The first-order valence-electron chi connectivity index (χ1n) is 9.05. The highest BCUT2D eigenvalue weighted by Crippen LogP contribution is 2.28. The molecule has 0 aromatic heterocycles. The Morgan fingerprint density at radius 2 is 1.62 bits per heavy atom. The molecule has 3 heteroatoms. The molecule has 0 bridgehead atoms. The number of unbranched alkanes of at least 4 members (excludes halogenated alkanes) is 3. The predicted octanol–water partition coefficient (Wildman–Crippen LogP) is 4.11. The van der Waals surface area contributed by atoms with Crippen LogP contribution in [-0.4, -0.2) is 51.5 Å². The van der Waals surface area contributed by atoms with Crippen molar-refractivity contribution in [1.29, 1.82) is 0 Å². The third-order valence-electron chi connectivity index (χ3n) is 4.84. The van der Waals surface area contributed by atoms with E-state index in [2.05, 4.69) is 18.9 Å². The Morgan fingerprint density at radius 3 is 2.29 bits per heavy atom. The van der Waals surface area contributed by atoms with E-state index in [0.717, 1.165) is 25.7 Å². The van der Waals surface area contributed by atoms with Gasteiger partial charge in [0.25, 0.3) is 0 Å². The van der Waals surface area contributed by atoms with Gasteiger partial charge in [-0.25, -0.2) is 0 Å². The lowest BCUT2D eigenvalue weighted by molar-refractivity contribution is 0.0157. The number of methoxy groups -OCH3 is 1. The molecule has 0 aliphatic heterocycles. The molecule has 0 aromatic rings. The molecule has 0 radical (unpaired) electrons. The lowest BCUT2D eigenvalue weighted by Crippen LogP contribution is -2.23. The Labute approximate surface area is 132 Å². The van der Waals surface area contributed by atoms with Gasteiger partial charge in [-0.1, -0.05) is 26.2 Å². The van der Waals surface area contributed by atoms with Gasteiger partial charge in [-0.2, -0.15) is 0 Å².